The Morgan fingerprint density at radius 2 is 2.16 bits per heavy atom. The van der Waals surface area contributed by atoms with Crippen LogP contribution in [0.2, 0.25) is 5.15 Å². The Hall–Kier alpha value is -2.14. The Balaban J connectivity index is 1.99. The van der Waals surface area contributed by atoms with Crippen molar-refractivity contribution in [2.75, 3.05) is 12.4 Å². The number of benzene rings is 1. The summed E-state index contributed by atoms with van der Waals surface area (Å²) in [5.74, 6) is 0.916. The van der Waals surface area contributed by atoms with Crippen LogP contribution in [-0.4, -0.2) is 23.2 Å². The predicted octanol–water partition coefficient (Wildman–Crippen LogP) is 2.32. The fraction of sp³-hybridized carbons (Fsp3) is 0.154. The molecule has 1 amide bonds. The minimum atomic E-state index is -0.176. The molecular formula is C13H12ClN3O2. The van der Waals surface area contributed by atoms with Crippen LogP contribution in [0, 0.1) is 0 Å². The number of nitrogens with one attached hydrogen (secondary N) is 1. The lowest BCUT2D eigenvalue weighted by atomic mass is 10.1. The van der Waals surface area contributed by atoms with Crippen LogP contribution < -0.4 is 10.1 Å². The number of carbonyl (C=O) groups excluding carboxylic acids is 1. The quantitative estimate of drug-likeness (QED) is 0.931. The van der Waals surface area contributed by atoms with E-state index in [1.807, 2.05) is 24.3 Å². The maximum Gasteiger partial charge on any atom is 0.229 e. The third kappa shape index (κ3) is 3.93. The summed E-state index contributed by atoms with van der Waals surface area (Å²) in [6, 6.07) is 10.5. The summed E-state index contributed by atoms with van der Waals surface area (Å²) in [6.45, 7) is 0. The number of anilines is 1. The Morgan fingerprint density at radius 1 is 1.32 bits per heavy atom. The minimum Gasteiger partial charge on any atom is -0.497 e. The first-order valence-corrected chi connectivity index (χ1v) is 5.97. The van der Waals surface area contributed by atoms with Crippen LogP contribution in [0.25, 0.3) is 0 Å². The third-order valence-corrected chi connectivity index (χ3v) is 2.60. The highest BCUT2D eigenvalue weighted by atomic mass is 35.5. The molecule has 5 nitrogen and oxygen atoms in total. The Bertz CT molecular complexity index is 572. The van der Waals surface area contributed by atoms with Gasteiger partial charge in [-0.1, -0.05) is 23.7 Å². The zero-order valence-corrected chi connectivity index (χ0v) is 11.0. The second kappa shape index (κ2) is 6.15. The average Bonchev–Trinajstić information content (AvgIpc) is 2.41. The minimum absolute atomic E-state index is 0.176. The molecule has 0 atom stereocenters. The number of ether oxygens (including phenoxy) is 1. The molecule has 1 heterocycles. The first-order chi connectivity index (χ1) is 9.17. The van der Waals surface area contributed by atoms with E-state index in [4.69, 9.17) is 16.3 Å². The van der Waals surface area contributed by atoms with Gasteiger partial charge in [0.15, 0.2) is 11.0 Å². The molecule has 0 aliphatic heterocycles. The second-order valence-corrected chi connectivity index (χ2v) is 4.21. The molecule has 2 rings (SSSR count). The van der Waals surface area contributed by atoms with Crippen LogP contribution in [0.5, 0.6) is 5.75 Å². The van der Waals surface area contributed by atoms with Crippen molar-refractivity contribution in [2.45, 2.75) is 6.42 Å². The van der Waals surface area contributed by atoms with Crippen LogP contribution in [0.3, 0.4) is 0 Å². The smallest absolute Gasteiger partial charge is 0.229 e. The van der Waals surface area contributed by atoms with Crippen molar-refractivity contribution in [3.63, 3.8) is 0 Å². The van der Waals surface area contributed by atoms with E-state index in [0.29, 0.717) is 5.82 Å². The number of hydrogen-bond acceptors (Lipinski definition) is 4. The molecule has 98 valence electrons. The Labute approximate surface area is 115 Å². The largest absolute Gasteiger partial charge is 0.497 e. The zero-order chi connectivity index (χ0) is 13.7. The third-order valence-electron chi connectivity index (χ3n) is 2.40. The molecule has 1 aromatic carbocycles. The van der Waals surface area contributed by atoms with E-state index in [9.17, 15) is 4.79 Å². The number of carbonyl (C=O) groups is 1. The van der Waals surface area contributed by atoms with Crippen molar-refractivity contribution in [3.05, 3.63) is 47.1 Å². The van der Waals surface area contributed by atoms with Crippen LogP contribution in [-0.2, 0) is 11.2 Å². The summed E-state index contributed by atoms with van der Waals surface area (Å²) in [7, 11) is 1.59. The van der Waals surface area contributed by atoms with Gasteiger partial charge in [0.05, 0.1) is 13.5 Å². The fourth-order valence-electron chi connectivity index (χ4n) is 1.54. The molecule has 0 radical (unpaired) electrons. The van der Waals surface area contributed by atoms with Crippen molar-refractivity contribution >= 4 is 23.3 Å². The summed E-state index contributed by atoms with van der Waals surface area (Å²) in [4.78, 5) is 11.8. The van der Waals surface area contributed by atoms with Crippen molar-refractivity contribution in [3.8, 4) is 5.75 Å². The molecule has 0 fully saturated rings. The van der Waals surface area contributed by atoms with Gasteiger partial charge in [0.25, 0.3) is 0 Å². The predicted molar refractivity (Wildman–Crippen MR) is 72.4 cm³/mol. The topological polar surface area (TPSA) is 64.1 Å². The molecule has 0 unspecified atom stereocenters. The zero-order valence-electron chi connectivity index (χ0n) is 10.3. The first-order valence-electron chi connectivity index (χ1n) is 5.59. The molecular weight excluding hydrogens is 266 g/mol. The van der Waals surface area contributed by atoms with E-state index in [1.54, 1.807) is 19.2 Å². The normalized spacial score (nSPS) is 10.0. The van der Waals surface area contributed by atoms with Crippen molar-refractivity contribution in [1.29, 1.82) is 0 Å². The average molecular weight is 278 g/mol. The number of nitrogens with zero attached hydrogens (tertiary/aromatic N) is 2. The molecule has 0 saturated carbocycles. The molecule has 1 aromatic heterocycles. The van der Waals surface area contributed by atoms with Gasteiger partial charge in [-0.3, -0.25) is 4.79 Å². The van der Waals surface area contributed by atoms with Gasteiger partial charge in [-0.25, -0.2) is 0 Å². The molecule has 19 heavy (non-hydrogen) atoms. The highest BCUT2D eigenvalue weighted by Gasteiger charge is 2.06. The van der Waals surface area contributed by atoms with E-state index in [0.717, 1.165) is 11.3 Å². The summed E-state index contributed by atoms with van der Waals surface area (Å²) in [6.07, 6.45) is 0.238. The molecule has 6 heteroatoms. The maximum atomic E-state index is 11.8. The Kier molecular flexibility index (Phi) is 4.30. The number of amides is 1. The number of halogens is 1. The van der Waals surface area contributed by atoms with Gasteiger partial charge in [0.1, 0.15) is 5.75 Å². The number of aromatic nitrogens is 2. The van der Waals surface area contributed by atoms with Gasteiger partial charge in [0.2, 0.25) is 5.91 Å². The fourth-order valence-corrected chi connectivity index (χ4v) is 1.64. The van der Waals surface area contributed by atoms with Gasteiger partial charge in [-0.05, 0) is 29.8 Å². The number of rotatable bonds is 4. The maximum absolute atomic E-state index is 11.8. The Morgan fingerprint density at radius 3 is 2.84 bits per heavy atom. The van der Waals surface area contributed by atoms with Crippen molar-refractivity contribution in [2.24, 2.45) is 0 Å². The van der Waals surface area contributed by atoms with E-state index in [2.05, 4.69) is 15.5 Å². The van der Waals surface area contributed by atoms with E-state index in [-0.39, 0.29) is 17.5 Å². The van der Waals surface area contributed by atoms with Crippen LogP contribution in [0.15, 0.2) is 36.4 Å². The molecule has 0 saturated heterocycles. The lowest BCUT2D eigenvalue weighted by molar-refractivity contribution is -0.115. The van der Waals surface area contributed by atoms with Crippen molar-refractivity contribution in [1.82, 2.24) is 10.2 Å². The summed E-state index contributed by atoms with van der Waals surface area (Å²) in [5.41, 5.74) is 0.860. The molecule has 0 spiro atoms. The summed E-state index contributed by atoms with van der Waals surface area (Å²) < 4.78 is 5.10. The molecule has 1 N–H and O–H groups in total. The molecule has 0 aliphatic carbocycles. The summed E-state index contributed by atoms with van der Waals surface area (Å²) >= 11 is 5.61. The lowest BCUT2D eigenvalue weighted by Crippen LogP contribution is -2.15. The summed E-state index contributed by atoms with van der Waals surface area (Å²) in [5, 5.41) is 10.3. The number of methoxy groups -OCH3 is 1. The molecule has 2 aromatic rings. The standard InChI is InChI=1S/C13H12ClN3O2/c1-19-10-4-2-3-9(7-10)8-13(18)15-12-6-5-11(14)16-17-12/h2-7H,8H2,1H3,(H,15,17,18). The van der Waals surface area contributed by atoms with Gasteiger partial charge >= 0.3 is 0 Å². The van der Waals surface area contributed by atoms with Crippen LogP contribution in [0.1, 0.15) is 5.56 Å². The van der Waals surface area contributed by atoms with Crippen LogP contribution >= 0.6 is 11.6 Å². The van der Waals surface area contributed by atoms with Gasteiger partial charge in [-0.15, -0.1) is 10.2 Å². The molecule has 0 bridgehead atoms. The van der Waals surface area contributed by atoms with Gasteiger partial charge < -0.3 is 10.1 Å². The monoisotopic (exact) mass is 277 g/mol. The highest BCUT2D eigenvalue weighted by molar-refractivity contribution is 6.29. The van der Waals surface area contributed by atoms with Gasteiger partial charge in [-0.2, -0.15) is 0 Å². The number of hydrogen-bond donors (Lipinski definition) is 1. The second-order valence-electron chi connectivity index (χ2n) is 3.82. The highest BCUT2D eigenvalue weighted by Crippen LogP contribution is 2.13. The van der Waals surface area contributed by atoms with E-state index < -0.39 is 0 Å². The first kappa shape index (κ1) is 13.3. The van der Waals surface area contributed by atoms with Crippen molar-refractivity contribution < 1.29 is 9.53 Å². The van der Waals surface area contributed by atoms with E-state index in [1.165, 1.54) is 0 Å². The van der Waals surface area contributed by atoms with Gasteiger partial charge in [0, 0.05) is 0 Å². The molecule has 0 aliphatic rings. The van der Waals surface area contributed by atoms with E-state index >= 15 is 0 Å². The lowest BCUT2D eigenvalue weighted by Gasteiger charge is -2.05. The SMILES string of the molecule is COc1cccc(CC(=O)Nc2ccc(Cl)nn2)c1. The van der Waals surface area contributed by atoms with Crippen LogP contribution in [0.4, 0.5) is 5.82 Å².